The molecule has 0 aliphatic carbocycles. The van der Waals surface area contributed by atoms with E-state index in [1.807, 2.05) is 0 Å². The van der Waals surface area contributed by atoms with E-state index in [9.17, 15) is 9.59 Å². The van der Waals surface area contributed by atoms with Gasteiger partial charge in [0.25, 0.3) is 0 Å². The molecule has 0 aromatic carbocycles. The highest BCUT2D eigenvalue weighted by atomic mass is 16.3. The molecule has 0 heterocycles. The fraction of sp³-hybridized carbons (Fsp3) is 0.833. The fourth-order valence-electron chi connectivity index (χ4n) is 1.23. The van der Waals surface area contributed by atoms with Gasteiger partial charge in [-0.25, -0.2) is 0 Å². The molecule has 0 saturated heterocycles. The highest BCUT2D eigenvalue weighted by Crippen LogP contribution is 1.99. The molecule has 0 aromatic rings. The van der Waals surface area contributed by atoms with Crippen LogP contribution in [0.15, 0.2) is 10.2 Å². The number of hydrogen-bond donors (Lipinski definition) is 4. The number of azo groups is 1. The third kappa shape index (κ3) is 8.54. The zero-order valence-corrected chi connectivity index (χ0v) is 12.0. The normalized spacial score (nSPS) is 14.0. The topological polar surface area (TPSA) is 123 Å². The van der Waals surface area contributed by atoms with Crippen LogP contribution in [0.4, 0.5) is 0 Å². The minimum absolute atomic E-state index is 0.0968. The van der Waals surface area contributed by atoms with Gasteiger partial charge in [0, 0.05) is 13.1 Å². The molecular formula is C12H24N4O4. The maximum Gasteiger partial charge on any atom is 0.224 e. The molecule has 0 aliphatic rings. The first-order chi connectivity index (χ1) is 9.52. The number of aliphatic hydroxyl groups is 2. The van der Waals surface area contributed by atoms with Crippen molar-refractivity contribution in [1.29, 1.82) is 0 Å². The molecule has 0 spiro atoms. The molecule has 0 radical (unpaired) electrons. The number of nitrogens with one attached hydrogen (secondary N) is 2. The molecule has 8 heteroatoms. The maximum atomic E-state index is 11.4. The summed E-state index contributed by atoms with van der Waals surface area (Å²) in [6, 6.07) is 0. The van der Waals surface area contributed by atoms with Crippen molar-refractivity contribution in [3.05, 3.63) is 0 Å². The molecule has 0 aromatic heterocycles. The van der Waals surface area contributed by atoms with E-state index in [4.69, 9.17) is 10.2 Å². The summed E-state index contributed by atoms with van der Waals surface area (Å²) in [6.45, 7) is 4.16. The van der Waals surface area contributed by atoms with Crippen LogP contribution in [-0.4, -0.2) is 61.4 Å². The van der Waals surface area contributed by atoms with E-state index in [2.05, 4.69) is 20.9 Å². The van der Waals surface area contributed by atoms with E-state index >= 15 is 0 Å². The lowest BCUT2D eigenvalue weighted by Crippen LogP contribution is -2.33. The SMILES string of the molecule is CC(CN=NCC(C)C(=O)NCCO)C(=O)NCCO. The van der Waals surface area contributed by atoms with Gasteiger partial charge < -0.3 is 20.8 Å². The maximum absolute atomic E-state index is 11.4. The van der Waals surface area contributed by atoms with Gasteiger partial charge in [0.05, 0.1) is 38.1 Å². The van der Waals surface area contributed by atoms with Crippen LogP contribution < -0.4 is 10.6 Å². The van der Waals surface area contributed by atoms with E-state index < -0.39 is 0 Å². The van der Waals surface area contributed by atoms with Crippen molar-refractivity contribution in [3.63, 3.8) is 0 Å². The third-order valence-electron chi connectivity index (χ3n) is 2.53. The second-order valence-corrected chi connectivity index (χ2v) is 4.48. The highest BCUT2D eigenvalue weighted by molar-refractivity contribution is 5.78. The van der Waals surface area contributed by atoms with E-state index in [1.54, 1.807) is 13.8 Å². The van der Waals surface area contributed by atoms with Crippen LogP contribution in [0.1, 0.15) is 13.8 Å². The molecule has 116 valence electrons. The summed E-state index contributed by atoms with van der Waals surface area (Å²) in [5.41, 5.74) is 0. The Labute approximate surface area is 118 Å². The second kappa shape index (κ2) is 11.3. The minimum atomic E-state index is -0.330. The van der Waals surface area contributed by atoms with Gasteiger partial charge in [-0.2, -0.15) is 10.2 Å². The summed E-state index contributed by atoms with van der Waals surface area (Å²) in [5, 5.41) is 30.0. The minimum Gasteiger partial charge on any atom is -0.395 e. The van der Waals surface area contributed by atoms with Crippen molar-refractivity contribution in [1.82, 2.24) is 10.6 Å². The zero-order chi connectivity index (χ0) is 15.4. The Morgan fingerprint density at radius 1 is 0.900 bits per heavy atom. The van der Waals surface area contributed by atoms with Crippen molar-refractivity contribution >= 4 is 11.8 Å². The van der Waals surface area contributed by atoms with Crippen LogP contribution in [-0.2, 0) is 9.59 Å². The molecule has 4 N–H and O–H groups in total. The Bertz CT molecular complexity index is 293. The number of rotatable bonds is 10. The Hall–Kier alpha value is -1.54. The lowest BCUT2D eigenvalue weighted by molar-refractivity contribution is -0.125. The Morgan fingerprint density at radius 2 is 1.25 bits per heavy atom. The molecule has 2 unspecified atom stereocenters. The number of carbonyl (C=O) groups excluding carboxylic acids is 2. The summed E-state index contributed by atoms with van der Waals surface area (Å²) < 4.78 is 0. The molecule has 0 bridgehead atoms. The molecule has 2 atom stereocenters. The van der Waals surface area contributed by atoms with Gasteiger partial charge in [-0.3, -0.25) is 9.59 Å². The predicted molar refractivity (Wildman–Crippen MR) is 73.1 cm³/mol. The van der Waals surface area contributed by atoms with Gasteiger partial charge in [0.1, 0.15) is 0 Å². The van der Waals surface area contributed by atoms with Crippen molar-refractivity contribution in [2.75, 3.05) is 39.4 Å². The summed E-state index contributed by atoms with van der Waals surface area (Å²) >= 11 is 0. The van der Waals surface area contributed by atoms with Crippen LogP contribution in [0.25, 0.3) is 0 Å². The number of hydrogen-bond acceptors (Lipinski definition) is 6. The molecule has 0 aliphatic heterocycles. The summed E-state index contributed by atoms with van der Waals surface area (Å²) in [6.07, 6.45) is 0. The molecule has 0 rings (SSSR count). The standard InChI is InChI=1S/C12H24N4O4/c1-9(11(19)13-3-5-17)7-15-16-8-10(2)12(20)14-4-6-18/h9-10,17-18H,3-8H2,1-2H3,(H,13,19)(H,14,20). The van der Waals surface area contributed by atoms with Crippen LogP contribution >= 0.6 is 0 Å². The number of amides is 2. The Kier molecular flexibility index (Phi) is 10.4. The Balaban J connectivity index is 3.89. The largest absolute Gasteiger partial charge is 0.395 e. The van der Waals surface area contributed by atoms with Gasteiger partial charge in [0.2, 0.25) is 11.8 Å². The Morgan fingerprint density at radius 3 is 1.55 bits per heavy atom. The average Bonchev–Trinajstić information content (AvgIpc) is 2.45. The van der Waals surface area contributed by atoms with Gasteiger partial charge >= 0.3 is 0 Å². The van der Waals surface area contributed by atoms with Gasteiger partial charge in [-0.15, -0.1) is 0 Å². The van der Waals surface area contributed by atoms with Crippen LogP contribution in [0.2, 0.25) is 0 Å². The second-order valence-electron chi connectivity index (χ2n) is 4.48. The summed E-state index contributed by atoms with van der Waals surface area (Å²) in [4.78, 5) is 22.9. The molecule has 8 nitrogen and oxygen atoms in total. The molecule has 2 amide bonds. The smallest absolute Gasteiger partial charge is 0.224 e. The van der Waals surface area contributed by atoms with E-state index in [-0.39, 0.29) is 63.0 Å². The monoisotopic (exact) mass is 288 g/mol. The predicted octanol–water partition coefficient (Wildman–Crippen LogP) is -1.07. The van der Waals surface area contributed by atoms with Gasteiger partial charge in [-0.05, 0) is 0 Å². The number of aliphatic hydroxyl groups excluding tert-OH is 2. The van der Waals surface area contributed by atoms with Crippen molar-refractivity contribution in [3.8, 4) is 0 Å². The number of nitrogens with zero attached hydrogens (tertiary/aromatic N) is 2. The lowest BCUT2D eigenvalue weighted by atomic mass is 10.1. The van der Waals surface area contributed by atoms with Crippen molar-refractivity contribution < 1.29 is 19.8 Å². The van der Waals surface area contributed by atoms with Crippen LogP contribution in [0.3, 0.4) is 0 Å². The summed E-state index contributed by atoms with van der Waals surface area (Å²) in [5.74, 6) is -1.04. The fourth-order valence-corrected chi connectivity index (χ4v) is 1.23. The first-order valence-electron chi connectivity index (χ1n) is 6.63. The third-order valence-corrected chi connectivity index (χ3v) is 2.53. The van der Waals surface area contributed by atoms with E-state index in [0.717, 1.165) is 0 Å². The van der Waals surface area contributed by atoms with Crippen molar-refractivity contribution in [2.45, 2.75) is 13.8 Å². The molecule has 0 fully saturated rings. The first-order valence-corrected chi connectivity index (χ1v) is 6.63. The summed E-state index contributed by atoms with van der Waals surface area (Å²) in [7, 11) is 0. The zero-order valence-electron chi connectivity index (χ0n) is 12.0. The van der Waals surface area contributed by atoms with Gasteiger partial charge in [-0.1, -0.05) is 13.8 Å². The van der Waals surface area contributed by atoms with Crippen LogP contribution in [0.5, 0.6) is 0 Å². The molecular weight excluding hydrogens is 264 g/mol. The molecule has 0 saturated carbocycles. The number of carbonyl (C=O) groups is 2. The van der Waals surface area contributed by atoms with E-state index in [0.29, 0.717) is 0 Å². The van der Waals surface area contributed by atoms with Crippen LogP contribution in [0, 0.1) is 11.8 Å². The molecule has 20 heavy (non-hydrogen) atoms. The van der Waals surface area contributed by atoms with Gasteiger partial charge in [0.15, 0.2) is 0 Å². The highest BCUT2D eigenvalue weighted by Gasteiger charge is 2.13. The van der Waals surface area contributed by atoms with Crippen molar-refractivity contribution in [2.24, 2.45) is 22.1 Å². The van der Waals surface area contributed by atoms with E-state index in [1.165, 1.54) is 0 Å². The lowest BCUT2D eigenvalue weighted by Gasteiger charge is -2.09. The average molecular weight is 288 g/mol. The quantitative estimate of drug-likeness (QED) is 0.382. The first kappa shape index (κ1) is 18.5.